The molecule has 0 amide bonds. The maximum absolute atomic E-state index is 4.25. The fraction of sp³-hybridized carbons (Fsp3) is 0.417. The van der Waals surface area contributed by atoms with Crippen LogP contribution in [0.25, 0.3) is 5.65 Å². The van der Waals surface area contributed by atoms with Gasteiger partial charge in [0.15, 0.2) is 0 Å². The van der Waals surface area contributed by atoms with Gasteiger partial charge in [-0.2, -0.15) is 0 Å². The molecule has 0 aromatic carbocycles. The standard InChI is InChI=1S/C12H16N4/c1-2-11(14-7-6-13-10-4-5-10)16-9-8-15-12(16)3-1/h1-3,8-10,13-14H,4-7H2. The number of anilines is 1. The van der Waals surface area contributed by atoms with Crippen LogP contribution in [0.5, 0.6) is 0 Å². The molecule has 0 unspecified atom stereocenters. The predicted octanol–water partition coefficient (Wildman–Crippen LogP) is 1.50. The number of pyridine rings is 1. The molecule has 1 aliphatic rings. The number of hydrogen-bond donors (Lipinski definition) is 2. The van der Waals surface area contributed by atoms with Crippen LogP contribution in [0.1, 0.15) is 12.8 Å². The highest BCUT2D eigenvalue weighted by Gasteiger charge is 2.19. The van der Waals surface area contributed by atoms with E-state index in [0.29, 0.717) is 0 Å². The molecule has 2 aromatic heterocycles. The summed E-state index contributed by atoms with van der Waals surface area (Å²) in [5.41, 5.74) is 0.986. The van der Waals surface area contributed by atoms with Crippen molar-refractivity contribution in [3.05, 3.63) is 30.6 Å². The molecule has 2 aromatic rings. The topological polar surface area (TPSA) is 41.4 Å². The number of aromatic nitrogens is 2. The van der Waals surface area contributed by atoms with E-state index < -0.39 is 0 Å². The van der Waals surface area contributed by atoms with Crippen LogP contribution < -0.4 is 10.6 Å². The summed E-state index contributed by atoms with van der Waals surface area (Å²) in [5.74, 6) is 1.10. The Hall–Kier alpha value is -1.55. The lowest BCUT2D eigenvalue weighted by Gasteiger charge is -2.09. The Morgan fingerprint density at radius 1 is 1.31 bits per heavy atom. The van der Waals surface area contributed by atoms with Gasteiger partial charge in [0.2, 0.25) is 0 Å². The highest BCUT2D eigenvalue weighted by molar-refractivity contribution is 5.49. The summed E-state index contributed by atoms with van der Waals surface area (Å²) in [5, 5.41) is 6.90. The van der Waals surface area contributed by atoms with Crippen LogP contribution in [0.2, 0.25) is 0 Å². The number of rotatable bonds is 5. The number of fused-ring (bicyclic) bond motifs is 1. The lowest BCUT2D eigenvalue weighted by molar-refractivity contribution is 0.700. The molecule has 4 nitrogen and oxygen atoms in total. The van der Waals surface area contributed by atoms with Crippen molar-refractivity contribution in [3.63, 3.8) is 0 Å². The molecule has 0 aliphatic heterocycles. The van der Waals surface area contributed by atoms with Gasteiger partial charge in [-0.1, -0.05) is 6.07 Å². The zero-order valence-corrected chi connectivity index (χ0v) is 9.19. The molecule has 16 heavy (non-hydrogen) atoms. The van der Waals surface area contributed by atoms with Crippen LogP contribution in [-0.2, 0) is 0 Å². The van der Waals surface area contributed by atoms with Crippen molar-refractivity contribution in [2.45, 2.75) is 18.9 Å². The third-order valence-corrected chi connectivity index (χ3v) is 2.87. The van der Waals surface area contributed by atoms with Crippen LogP contribution in [0, 0.1) is 0 Å². The van der Waals surface area contributed by atoms with Gasteiger partial charge in [-0.15, -0.1) is 0 Å². The normalized spacial score (nSPS) is 15.5. The summed E-state index contributed by atoms with van der Waals surface area (Å²) in [7, 11) is 0. The van der Waals surface area contributed by atoms with Gasteiger partial charge in [-0.05, 0) is 25.0 Å². The second kappa shape index (κ2) is 4.14. The molecule has 4 heteroatoms. The van der Waals surface area contributed by atoms with Crippen molar-refractivity contribution in [2.24, 2.45) is 0 Å². The smallest absolute Gasteiger partial charge is 0.138 e. The number of hydrogen-bond acceptors (Lipinski definition) is 3. The van der Waals surface area contributed by atoms with Crippen LogP contribution >= 0.6 is 0 Å². The SMILES string of the molecule is c1cc(NCCNC2CC2)n2ccnc2c1. The largest absolute Gasteiger partial charge is 0.370 e. The Morgan fingerprint density at radius 2 is 2.25 bits per heavy atom. The minimum absolute atomic E-state index is 0.783. The molecule has 0 bridgehead atoms. The quantitative estimate of drug-likeness (QED) is 0.744. The van der Waals surface area contributed by atoms with Crippen LogP contribution in [0.15, 0.2) is 30.6 Å². The predicted molar refractivity (Wildman–Crippen MR) is 64.7 cm³/mol. The van der Waals surface area contributed by atoms with Crippen molar-refractivity contribution >= 4 is 11.5 Å². The van der Waals surface area contributed by atoms with Crippen LogP contribution in [-0.4, -0.2) is 28.5 Å². The van der Waals surface area contributed by atoms with E-state index in [9.17, 15) is 0 Å². The molecule has 0 spiro atoms. The van der Waals surface area contributed by atoms with Gasteiger partial charge in [0.05, 0.1) is 0 Å². The van der Waals surface area contributed by atoms with E-state index >= 15 is 0 Å². The Kier molecular flexibility index (Phi) is 2.50. The van der Waals surface area contributed by atoms with Gasteiger partial charge >= 0.3 is 0 Å². The summed E-state index contributed by atoms with van der Waals surface area (Å²) in [6.07, 6.45) is 6.49. The van der Waals surface area contributed by atoms with Crippen molar-refractivity contribution < 1.29 is 0 Å². The molecule has 3 rings (SSSR count). The first kappa shape index (κ1) is 9.66. The number of nitrogens with one attached hydrogen (secondary N) is 2. The van der Waals surface area contributed by atoms with E-state index in [1.165, 1.54) is 12.8 Å². The fourth-order valence-corrected chi connectivity index (χ4v) is 1.85. The van der Waals surface area contributed by atoms with E-state index in [4.69, 9.17) is 0 Å². The minimum atomic E-state index is 0.783. The average Bonchev–Trinajstić information content (AvgIpc) is 3.00. The zero-order valence-electron chi connectivity index (χ0n) is 9.19. The molecule has 0 atom stereocenters. The Bertz CT molecular complexity index is 473. The molecule has 1 aliphatic carbocycles. The maximum Gasteiger partial charge on any atom is 0.138 e. The molecule has 84 valence electrons. The number of nitrogens with zero attached hydrogens (tertiary/aromatic N) is 2. The van der Waals surface area contributed by atoms with Crippen molar-refractivity contribution in [1.82, 2.24) is 14.7 Å². The molecular weight excluding hydrogens is 200 g/mol. The molecular formula is C12H16N4. The second-order valence-electron chi connectivity index (χ2n) is 4.22. The third kappa shape index (κ3) is 2.02. The highest BCUT2D eigenvalue weighted by atomic mass is 15.1. The molecule has 0 radical (unpaired) electrons. The van der Waals surface area contributed by atoms with Gasteiger partial charge in [0, 0.05) is 31.5 Å². The summed E-state index contributed by atoms with van der Waals surface area (Å²) < 4.78 is 2.07. The van der Waals surface area contributed by atoms with Crippen molar-refractivity contribution in [2.75, 3.05) is 18.4 Å². The minimum Gasteiger partial charge on any atom is -0.370 e. The summed E-state index contributed by atoms with van der Waals surface area (Å²) >= 11 is 0. The summed E-state index contributed by atoms with van der Waals surface area (Å²) in [6.45, 7) is 1.98. The fourth-order valence-electron chi connectivity index (χ4n) is 1.85. The molecule has 0 saturated heterocycles. The van der Waals surface area contributed by atoms with E-state index in [1.54, 1.807) is 0 Å². The van der Waals surface area contributed by atoms with E-state index in [1.807, 2.05) is 24.5 Å². The van der Waals surface area contributed by atoms with Gasteiger partial charge in [0.1, 0.15) is 11.5 Å². The summed E-state index contributed by atoms with van der Waals surface area (Å²) in [4.78, 5) is 4.25. The zero-order chi connectivity index (χ0) is 10.8. The third-order valence-electron chi connectivity index (χ3n) is 2.87. The molecule has 1 fully saturated rings. The van der Waals surface area contributed by atoms with Gasteiger partial charge < -0.3 is 10.6 Å². The lowest BCUT2D eigenvalue weighted by atomic mass is 10.4. The van der Waals surface area contributed by atoms with Gasteiger partial charge in [0.25, 0.3) is 0 Å². The van der Waals surface area contributed by atoms with Gasteiger partial charge in [-0.25, -0.2) is 4.98 Å². The lowest BCUT2D eigenvalue weighted by Crippen LogP contribution is -2.24. The van der Waals surface area contributed by atoms with Crippen molar-refractivity contribution in [1.29, 1.82) is 0 Å². The molecule has 1 saturated carbocycles. The second-order valence-corrected chi connectivity index (χ2v) is 4.22. The Labute approximate surface area is 94.7 Å². The van der Waals surface area contributed by atoms with Crippen molar-refractivity contribution in [3.8, 4) is 0 Å². The Morgan fingerprint density at radius 3 is 3.12 bits per heavy atom. The molecule has 2 N–H and O–H groups in total. The van der Waals surface area contributed by atoms with Crippen LogP contribution in [0.4, 0.5) is 5.82 Å². The van der Waals surface area contributed by atoms with E-state index in [2.05, 4.69) is 26.1 Å². The first-order chi connectivity index (χ1) is 7.93. The Balaban J connectivity index is 1.61. The first-order valence-corrected chi connectivity index (χ1v) is 5.83. The summed E-state index contributed by atoms with van der Waals surface area (Å²) in [6, 6.07) is 6.89. The van der Waals surface area contributed by atoms with E-state index in [0.717, 1.165) is 30.6 Å². The average molecular weight is 216 g/mol. The first-order valence-electron chi connectivity index (χ1n) is 5.83. The molecule has 2 heterocycles. The highest BCUT2D eigenvalue weighted by Crippen LogP contribution is 2.18. The monoisotopic (exact) mass is 216 g/mol. The number of imidazole rings is 1. The maximum atomic E-state index is 4.25. The van der Waals surface area contributed by atoms with E-state index in [-0.39, 0.29) is 0 Å². The van der Waals surface area contributed by atoms with Crippen LogP contribution in [0.3, 0.4) is 0 Å². The van der Waals surface area contributed by atoms with Gasteiger partial charge in [-0.3, -0.25) is 4.40 Å².